The highest BCUT2D eigenvalue weighted by molar-refractivity contribution is 6.47. The van der Waals surface area contributed by atoms with E-state index in [4.69, 9.17) is 28.2 Å². The van der Waals surface area contributed by atoms with Gasteiger partial charge in [0, 0.05) is 34.1 Å². The Morgan fingerprint density at radius 2 is 1.70 bits per heavy atom. The molecule has 0 radical (unpaired) electrons. The fraction of sp³-hybridized carbons (Fsp3) is 0.543. The first-order valence-electron chi connectivity index (χ1n) is 16.2. The third-order valence-electron chi connectivity index (χ3n) is 9.40. The molecule has 2 aliphatic rings. The first-order valence-corrected chi connectivity index (χ1v) is 16.9. The number of amides is 2. The molecular weight excluding hydrogens is 621 g/mol. The van der Waals surface area contributed by atoms with Crippen molar-refractivity contribution in [2.24, 2.45) is 21.7 Å². The van der Waals surface area contributed by atoms with Gasteiger partial charge in [-0.2, -0.15) is 5.21 Å². The highest BCUT2D eigenvalue weighted by Crippen LogP contribution is 2.50. The van der Waals surface area contributed by atoms with Crippen molar-refractivity contribution in [3.8, 4) is 0 Å². The van der Waals surface area contributed by atoms with E-state index >= 15 is 0 Å². The van der Waals surface area contributed by atoms with Gasteiger partial charge in [-0.3, -0.25) is 14.6 Å². The maximum atomic E-state index is 14.6. The van der Waals surface area contributed by atoms with E-state index < -0.39 is 5.66 Å². The average Bonchev–Trinajstić information content (AvgIpc) is 3.59. The zero-order valence-electron chi connectivity index (χ0n) is 27.7. The zero-order chi connectivity index (χ0) is 33.3. The molecule has 1 aromatic heterocycles. The Labute approximate surface area is 281 Å². The molecule has 11 heteroatoms. The number of carbonyl (C=O) groups is 2. The summed E-state index contributed by atoms with van der Waals surface area (Å²) in [5.74, 6) is 0.800. The molecule has 5 rings (SSSR count). The predicted octanol–water partition coefficient (Wildman–Crippen LogP) is 7.61. The largest absolute Gasteiger partial charge is 0.352 e. The number of rotatable bonds is 9. The van der Waals surface area contributed by atoms with Gasteiger partial charge in [0.05, 0.1) is 6.04 Å². The molecule has 0 bridgehead atoms. The van der Waals surface area contributed by atoms with Crippen molar-refractivity contribution in [2.75, 3.05) is 6.54 Å². The van der Waals surface area contributed by atoms with Crippen molar-refractivity contribution in [3.63, 3.8) is 0 Å². The van der Waals surface area contributed by atoms with Crippen molar-refractivity contribution >= 4 is 40.7 Å². The quantitative estimate of drug-likeness (QED) is 0.244. The van der Waals surface area contributed by atoms with Gasteiger partial charge in [-0.1, -0.05) is 82.1 Å². The predicted molar refractivity (Wildman–Crippen MR) is 182 cm³/mol. The van der Waals surface area contributed by atoms with Crippen LogP contribution in [0.5, 0.6) is 0 Å². The van der Waals surface area contributed by atoms with Crippen LogP contribution in [0.1, 0.15) is 113 Å². The standard InChI is InChI=1S/C35H45Cl2N7O2/c1-33(2,3)15-13-28(22-7-9-23(10-8-22)31(45)38-18-14-29-40-42-43-41-29)44-32(46)30(24-19-26(36)21-27(37)20-24)39-35(44)16-11-25(12-17-35)34(4,5)6/h7-10,19-21,25,28H,11-18H2,1-6H3,(H,38,45)(H,40,41,42,43)/t25?,28-,35?/m1/s1. The summed E-state index contributed by atoms with van der Waals surface area (Å²) >= 11 is 12.8. The molecule has 1 saturated carbocycles. The van der Waals surface area contributed by atoms with Crippen LogP contribution in [0.4, 0.5) is 0 Å². The summed E-state index contributed by atoms with van der Waals surface area (Å²) in [6.45, 7) is 13.9. The number of benzene rings is 2. The Bertz CT molecular complexity index is 1550. The van der Waals surface area contributed by atoms with Crippen LogP contribution in [0.25, 0.3) is 0 Å². The minimum absolute atomic E-state index is 0.0563. The molecule has 46 heavy (non-hydrogen) atoms. The van der Waals surface area contributed by atoms with Crippen molar-refractivity contribution in [3.05, 3.63) is 75.0 Å². The van der Waals surface area contributed by atoms with E-state index in [1.807, 2.05) is 24.3 Å². The lowest BCUT2D eigenvalue weighted by Gasteiger charge is -2.47. The molecule has 1 aliphatic heterocycles. The summed E-state index contributed by atoms with van der Waals surface area (Å²) in [6.07, 6.45) is 5.67. The Morgan fingerprint density at radius 3 is 2.26 bits per heavy atom. The van der Waals surface area contributed by atoms with Gasteiger partial charge in [-0.25, -0.2) is 0 Å². The highest BCUT2D eigenvalue weighted by atomic mass is 35.5. The number of nitrogens with zero attached hydrogens (tertiary/aromatic N) is 5. The Kier molecular flexibility index (Phi) is 9.94. The number of tetrazole rings is 1. The van der Waals surface area contributed by atoms with E-state index in [-0.39, 0.29) is 28.7 Å². The van der Waals surface area contributed by atoms with Crippen molar-refractivity contribution in [2.45, 2.75) is 98.2 Å². The van der Waals surface area contributed by atoms with E-state index in [1.54, 1.807) is 18.2 Å². The first kappa shape index (κ1) is 34.0. The molecule has 246 valence electrons. The maximum Gasteiger partial charge on any atom is 0.275 e. The lowest BCUT2D eigenvalue weighted by Crippen LogP contribution is -2.51. The molecule has 1 spiro atoms. The Morgan fingerprint density at radius 1 is 1.04 bits per heavy atom. The van der Waals surface area contributed by atoms with Gasteiger partial charge in [0.2, 0.25) is 0 Å². The van der Waals surface area contributed by atoms with Crippen LogP contribution < -0.4 is 5.32 Å². The first-order chi connectivity index (χ1) is 21.6. The number of hydrogen-bond donors (Lipinski definition) is 2. The van der Waals surface area contributed by atoms with Crippen molar-refractivity contribution < 1.29 is 9.59 Å². The molecular formula is C35H45Cl2N7O2. The molecule has 3 aromatic rings. The second kappa shape index (κ2) is 13.4. The van der Waals surface area contributed by atoms with E-state index in [2.05, 4.69) is 72.4 Å². The average molecular weight is 667 g/mol. The summed E-state index contributed by atoms with van der Waals surface area (Å²) in [5.41, 5.74) is 2.15. The van der Waals surface area contributed by atoms with Gasteiger partial charge in [-0.05, 0) is 91.2 Å². The maximum absolute atomic E-state index is 14.6. The summed E-state index contributed by atoms with van der Waals surface area (Å²) in [6, 6.07) is 12.6. The van der Waals surface area contributed by atoms with Gasteiger partial charge < -0.3 is 10.2 Å². The van der Waals surface area contributed by atoms with E-state index in [9.17, 15) is 9.59 Å². The van der Waals surface area contributed by atoms with Crippen LogP contribution in [-0.2, 0) is 11.2 Å². The summed E-state index contributed by atoms with van der Waals surface area (Å²) < 4.78 is 0. The van der Waals surface area contributed by atoms with Crippen molar-refractivity contribution in [1.82, 2.24) is 30.8 Å². The Hall–Kier alpha value is -3.30. The fourth-order valence-electron chi connectivity index (χ4n) is 6.77. The topological polar surface area (TPSA) is 116 Å². The number of halogens is 2. The molecule has 1 fully saturated rings. The molecule has 1 aliphatic carbocycles. The number of hydrogen-bond acceptors (Lipinski definition) is 6. The smallest absolute Gasteiger partial charge is 0.275 e. The van der Waals surface area contributed by atoms with Gasteiger partial charge in [0.15, 0.2) is 5.82 Å². The lowest BCUT2D eigenvalue weighted by atomic mass is 9.69. The minimum Gasteiger partial charge on any atom is -0.352 e. The molecule has 0 saturated heterocycles. The third-order valence-corrected chi connectivity index (χ3v) is 9.83. The summed E-state index contributed by atoms with van der Waals surface area (Å²) in [7, 11) is 0. The number of aliphatic imine (C=N–C) groups is 1. The van der Waals surface area contributed by atoms with E-state index in [0.29, 0.717) is 51.6 Å². The molecule has 1 atom stereocenters. The second-order valence-corrected chi connectivity index (χ2v) is 15.9. The van der Waals surface area contributed by atoms with Gasteiger partial charge in [-0.15, -0.1) is 10.2 Å². The van der Waals surface area contributed by atoms with Gasteiger partial charge in [0.1, 0.15) is 11.4 Å². The van der Waals surface area contributed by atoms with Gasteiger partial charge in [0.25, 0.3) is 11.8 Å². The summed E-state index contributed by atoms with van der Waals surface area (Å²) in [4.78, 5) is 34.9. The minimum atomic E-state index is -0.670. The van der Waals surface area contributed by atoms with Crippen LogP contribution in [-0.4, -0.2) is 55.3 Å². The molecule has 2 N–H and O–H groups in total. The number of aromatic nitrogens is 4. The van der Waals surface area contributed by atoms with Gasteiger partial charge >= 0.3 is 0 Å². The number of carbonyl (C=O) groups excluding carboxylic acids is 2. The zero-order valence-corrected chi connectivity index (χ0v) is 29.2. The number of aromatic amines is 1. The lowest BCUT2D eigenvalue weighted by molar-refractivity contribution is -0.134. The van der Waals surface area contributed by atoms with E-state index in [1.165, 1.54) is 0 Å². The highest BCUT2D eigenvalue weighted by Gasteiger charge is 2.52. The number of nitrogens with one attached hydrogen (secondary N) is 2. The molecule has 0 unspecified atom stereocenters. The van der Waals surface area contributed by atoms with Crippen LogP contribution in [0.2, 0.25) is 10.0 Å². The van der Waals surface area contributed by atoms with Crippen molar-refractivity contribution in [1.29, 1.82) is 0 Å². The monoisotopic (exact) mass is 665 g/mol. The SMILES string of the molecule is CC(C)(C)CC[C@H](c1ccc(C(=O)NCCc2nn[nH]n2)cc1)N1C(=O)C(c2cc(Cl)cc(Cl)c2)=NC12CCC(C(C)(C)C)CC2. The third kappa shape index (κ3) is 7.80. The molecule has 9 nitrogen and oxygen atoms in total. The van der Waals surface area contributed by atoms with Crippen LogP contribution in [0.15, 0.2) is 47.5 Å². The summed E-state index contributed by atoms with van der Waals surface area (Å²) in [5, 5.41) is 17.7. The molecule has 2 heterocycles. The number of H-pyrrole nitrogens is 1. The second-order valence-electron chi connectivity index (χ2n) is 15.0. The van der Waals surface area contributed by atoms with Crippen LogP contribution >= 0.6 is 23.2 Å². The Balaban J connectivity index is 1.48. The molecule has 2 aromatic carbocycles. The van der Waals surface area contributed by atoms with Crippen LogP contribution in [0, 0.1) is 16.7 Å². The normalized spacial score (nSPS) is 21.0. The van der Waals surface area contributed by atoms with E-state index in [0.717, 1.165) is 44.1 Å². The fourth-order valence-corrected chi connectivity index (χ4v) is 7.30. The van der Waals surface area contributed by atoms with Crippen LogP contribution in [0.3, 0.4) is 0 Å². The molecule has 2 amide bonds.